The zero-order valence-corrected chi connectivity index (χ0v) is 7.96. The summed E-state index contributed by atoms with van der Waals surface area (Å²) < 4.78 is 21.0. The number of aliphatic hydroxyl groups is 1. The zero-order valence-electron chi connectivity index (χ0n) is 7.96. The monoisotopic (exact) mass is 202 g/mol. The molecule has 0 spiro atoms. The van der Waals surface area contributed by atoms with Crippen LogP contribution in [0.25, 0.3) is 0 Å². The van der Waals surface area contributed by atoms with E-state index in [1.54, 1.807) is 6.08 Å². The smallest absolute Gasteiger partial charge is 0.185 e. The Kier molecular flexibility index (Phi) is 2.85. The summed E-state index contributed by atoms with van der Waals surface area (Å²) in [5.41, 5.74) is 0. The Morgan fingerprint density at radius 1 is 1.50 bits per heavy atom. The molecule has 2 heterocycles. The number of hydrogen-bond donors (Lipinski definition) is 1. The van der Waals surface area contributed by atoms with Crippen molar-refractivity contribution in [1.29, 1.82) is 0 Å². The number of fused-ring (bicyclic) bond motifs is 1. The molecule has 5 nitrogen and oxygen atoms in total. The van der Waals surface area contributed by atoms with Crippen molar-refractivity contribution in [3.05, 3.63) is 12.7 Å². The van der Waals surface area contributed by atoms with E-state index in [0.29, 0.717) is 6.61 Å². The van der Waals surface area contributed by atoms with Gasteiger partial charge in [-0.05, 0) is 6.08 Å². The average molecular weight is 202 g/mol. The molecule has 5 unspecified atom stereocenters. The van der Waals surface area contributed by atoms with Crippen LogP contribution in [0.15, 0.2) is 12.7 Å². The molecule has 0 aromatic carbocycles. The molecule has 14 heavy (non-hydrogen) atoms. The maximum Gasteiger partial charge on any atom is 0.185 e. The summed E-state index contributed by atoms with van der Waals surface area (Å²) >= 11 is 0. The Bertz CT molecular complexity index is 219. The van der Waals surface area contributed by atoms with Gasteiger partial charge in [0.25, 0.3) is 0 Å². The van der Waals surface area contributed by atoms with Crippen LogP contribution in [0.4, 0.5) is 0 Å². The van der Waals surface area contributed by atoms with Crippen molar-refractivity contribution in [1.82, 2.24) is 0 Å². The first kappa shape index (κ1) is 10.1. The van der Waals surface area contributed by atoms with E-state index in [0.717, 1.165) is 0 Å². The largest absolute Gasteiger partial charge is 0.385 e. The van der Waals surface area contributed by atoms with E-state index < -0.39 is 24.8 Å². The molecule has 2 fully saturated rings. The number of rotatable bonds is 2. The van der Waals surface area contributed by atoms with Crippen LogP contribution in [0.3, 0.4) is 0 Å². The van der Waals surface area contributed by atoms with Crippen LogP contribution in [0.5, 0.6) is 0 Å². The third-order valence-corrected chi connectivity index (χ3v) is 2.43. The summed E-state index contributed by atoms with van der Waals surface area (Å²) in [4.78, 5) is 0. The lowest BCUT2D eigenvalue weighted by atomic mass is 10.1. The predicted molar refractivity (Wildman–Crippen MR) is 46.5 cm³/mol. The highest BCUT2D eigenvalue weighted by Crippen LogP contribution is 2.29. The van der Waals surface area contributed by atoms with Crippen molar-refractivity contribution in [2.45, 2.75) is 30.9 Å². The lowest BCUT2D eigenvalue weighted by Crippen LogP contribution is -2.52. The molecule has 2 aliphatic heterocycles. The molecule has 5 atom stereocenters. The fourth-order valence-electron chi connectivity index (χ4n) is 1.72. The van der Waals surface area contributed by atoms with Gasteiger partial charge in [0, 0.05) is 7.11 Å². The standard InChI is InChI=1S/C9H14O5/c1-3-6-13-5-4-12-9(11-2)7(10)8(5)14-6/h3,5-10H,1,4H2,2H3. The van der Waals surface area contributed by atoms with Gasteiger partial charge in [-0.1, -0.05) is 6.58 Å². The number of aliphatic hydroxyl groups excluding tert-OH is 1. The van der Waals surface area contributed by atoms with Crippen LogP contribution in [-0.4, -0.2) is 49.7 Å². The molecule has 0 aromatic heterocycles. The second kappa shape index (κ2) is 3.96. The first-order valence-corrected chi connectivity index (χ1v) is 4.52. The fourth-order valence-corrected chi connectivity index (χ4v) is 1.72. The van der Waals surface area contributed by atoms with Crippen LogP contribution in [-0.2, 0) is 18.9 Å². The molecular weight excluding hydrogens is 188 g/mol. The summed E-state index contributed by atoms with van der Waals surface area (Å²) in [6.07, 6.45) is -0.991. The third kappa shape index (κ3) is 1.57. The molecule has 0 aliphatic carbocycles. The quantitative estimate of drug-likeness (QED) is 0.620. The highest BCUT2D eigenvalue weighted by molar-refractivity contribution is 4.92. The summed E-state index contributed by atoms with van der Waals surface area (Å²) in [6, 6.07) is 0. The van der Waals surface area contributed by atoms with Gasteiger partial charge in [-0.25, -0.2) is 0 Å². The van der Waals surface area contributed by atoms with E-state index in [2.05, 4.69) is 6.58 Å². The van der Waals surface area contributed by atoms with Gasteiger partial charge in [-0.3, -0.25) is 0 Å². The van der Waals surface area contributed by atoms with Crippen LogP contribution in [0.1, 0.15) is 0 Å². The minimum absolute atomic E-state index is 0.237. The van der Waals surface area contributed by atoms with Crippen molar-refractivity contribution in [3.8, 4) is 0 Å². The van der Waals surface area contributed by atoms with E-state index in [1.807, 2.05) is 0 Å². The van der Waals surface area contributed by atoms with Gasteiger partial charge >= 0.3 is 0 Å². The van der Waals surface area contributed by atoms with E-state index in [9.17, 15) is 5.11 Å². The van der Waals surface area contributed by atoms with Crippen LogP contribution >= 0.6 is 0 Å². The van der Waals surface area contributed by atoms with E-state index in [4.69, 9.17) is 18.9 Å². The van der Waals surface area contributed by atoms with E-state index in [1.165, 1.54) is 7.11 Å². The first-order valence-electron chi connectivity index (χ1n) is 4.52. The maximum absolute atomic E-state index is 9.76. The molecule has 0 aromatic rings. The van der Waals surface area contributed by atoms with Gasteiger partial charge in [0.1, 0.15) is 18.3 Å². The normalized spacial score (nSPS) is 47.4. The molecule has 0 radical (unpaired) electrons. The maximum atomic E-state index is 9.76. The van der Waals surface area contributed by atoms with Crippen molar-refractivity contribution in [2.24, 2.45) is 0 Å². The third-order valence-electron chi connectivity index (χ3n) is 2.43. The molecule has 2 rings (SSSR count). The molecule has 5 heteroatoms. The summed E-state index contributed by atoms with van der Waals surface area (Å²) in [5.74, 6) is 0. The molecule has 80 valence electrons. The Morgan fingerprint density at radius 3 is 2.93 bits per heavy atom. The van der Waals surface area contributed by atoms with E-state index in [-0.39, 0.29) is 6.10 Å². The Hall–Kier alpha value is -0.460. The topological polar surface area (TPSA) is 57.2 Å². The predicted octanol–water partition coefficient (Wildman–Crippen LogP) is -0.354. The van der Waals surface area contributed by atoms with Gasteiger partial charge in [0.2, 0.25) is 0 Å². The average Bonchev–Trinajstić information content (AvgIpc) is 2.62. The summed E-state index contributed by atoms with van der Waals surface area (Å²) in [7, 11) is 1.48. The zero-order chi connectivity index (χ0) is 10.1. The first-order chi connectivity index (χ1) is 6.76. The second-order valence-electron chi connectivity index (χ2n) is 3.31. The molecule has 2 aliphatic rings. The van der Waals surface area contributed by atoms with Crippen LogP contribution < -0.4 is 0 Å². The minimum Gasteiger partial charge on any atom is -0.385 e. The van der Waals surface area contributed by atoms with E-state index >= 15 is 0 Å². The van der Waals surface area contributed by atoms with Crippen molar-refractivity contribution < 1.29 is 24.1 Å². The molecule has 0 amide bonds. The van der Waals surface area contributed by atoms with Crippen LogP contribution in [0, 0.1) is 0 Å². The molecule has 0 saturated carbocycles. The van der Waals surface area contributed by atoms with Crippen molar-refractivity contribution >= 4 is 0 Å². The lowest BCUT2D eigenvalue weighted by molar-refractivity contribution is -0.241. The Morgan fingerprint density at radius 2 is 2.29 bits per heavy atom. The van der Waals surface area contributed by atoms with Crippen molar-refractivity contribution in [2.75, 3.05) is 13.7 Å². The minimum atomic E-state index is -0.816. The number of hydrogen-bond acceptors (Lipinski definition) is 5. The second-order valence-corrected chi connectivity index (χ2v) is 3.31. The van der Waals surface area contributed by atoms with Crippen LogP contribution in [0.2, 0.25) is 0 Å². The number of methoxy groups -OCH3 is 1. The SMILES string of the molecule is C=CC1OC2COC(OC)C(O)C2O1. The Balaban J connectivity index is 2.04. The van der Waals surface area contributed by atoms with Gasteiger partial charge in [0.15, 0.2) is 12.6 Å². The highest BCUT2D eigenvalue weighted by atomic mass is 16.8. The molecule has 2 saturated heterocycles. The molecular formula is C9H14O5. The Labute approximate surface area is 82.2 Å². The van der Waals surface area contributed by atoms with Gasteiger partial charge in [0.05, 0.1) is 6.61 Å². The fraction of sp³-hybridized carbons (Fsp3) is 0.778. The molecule has 0 bridgehead atoms. The summed E-state index contributed by atoms with van der Waals surface area (Å²) in [5, 5.41) is 9.76. The number of ether oxygens (including phenoxy) is 4. The van der Waals surface area contributed by atoms with Gasteiger partial charge in [-0.15, -0.1) is 0 Å². The van der Waals surface area contributed by atoms with Crippen molar-refractivity contribution in [3.63, 3.8) is 0 Å². The van der Waals surface area contributed by atoms with Gasteiger partial charge < -0.3 is 24.1 Å². The van der Waals surface area contributed by atoms with Gasteiger partial charge in [-0.2, -0.15) is 0 Å². The lowest BCUT2D eigenvalue weighted by Gasteiger charge is -2.33. The highest BCUT2D eigenvalue weighted by Gasteiger charge is 2.47. The summed E-state index contributed by atoms with van der Waals surface area (Å²) in [6.45, 7) is 3.93. The molecule has 1 N–H and O–H groups in total.